The average molecular weight is 450 g/mol. The van der Waals surface area contributed by atoms with Gasteiger partial charge >= 0.3 is 6.09 Å². The molecule has 0 bridgehead atoms. The predicted octanol–water partition coefficient (Wildman–Crippen LogP) is 3.07. The lowest BCUT2D eigenvalue weighted by Crippen LogP contribution is -2.27. The third-order valence-corrected chi connectivity index (χ3v) is 5.42. The van der Waals surface area contributed by atoms with Crippen molar-refractivity contribution in [1.82, 2.24) is 4.72 Å². The fraction of sp³-hybridized carbons (Fsp3) is 0.333. The average Bonchev–Trinajstić information content (AvgIpc) is 2.73. The van der Waals surface area contributed by atoms with Crippen LogP contribution in [-0.2, 0) is 19.5 Å². The molecule has 9 nitrogen and oxygen atoms in total. The summed E-state index contributed by atoms with van der Waals surface area (Å²) < 4.78 is 36.6. The fourth-order valence-corrected chi connectivity index (χ4v) is 3.43. The van der Waals surface area contributed by atoms with E-state index in [0.717, 1.165) is 0 Å². The molecule has 2 amide bonds. The Kier molecular flexibility index (Phi) is 8.98. The van der Waals surface area contributed by atoms with Crippen LogP contribution in [0.15, 0.2) is 53.4 Å². The van der Waals surface area contributed by atoms with Crippen molar-refractivity contribution >= 4 is 33.4 Å². The highest BCUT2D eigenvalue weighted by molar-refractivity contribution is 7.89. The Hall–Kier alpha value is -2.95. The molecule has 0 unspecified atom stereocenters. The SMILES string of the molecule is COCCNS(=O)(=O)c1ccc(C(=O)Nc2cccc(NC(=O)OCC(C)C)c2)cc1. The third kappa shape index (κ3) is 8.00. The molecule has 0 atom stereocenters. The molecule has 0 saturated carbocycles. The summed E-state index contributed by atoms with van der Waals surface area (Å²) in [5.41, 5.74) is 1.21. The van der Waals surface area contributed by atoms with Crippen molar-refractivity contribution in [3.63, 3.8) is 0 Å². The number of carbonyl (C=O) groups excluding carboxylic acids is 2. The Morgan fingerprint density at radius 2 is 1.65 bits per heavy atom. The Morgan fingerprint density at radius 3 is 2.26 bits per heavy atom. The highest BCUT2D eigenvalue weighted by atomic mass is 32.2. The molecule has 0 aromatic heterocycles. The van der Waals surface area contributed by atoms with Crippen molar-refractivity contribution in [3.8, 4) is 0 Å². The zero-order chi connectivity index (χ0) is 22.9. The number of hydrogen-bond donors (Lipinski definition) is 3. The molecule has 31 heavy (non-hydrogen) atoms. The maximum Gasteiger partial charge on any atom is 0.411 e. The smallest absolute Gasteiger partial charge is 0.411 e. The second-order valence-corrected chi connectivity index (χ2v) is 8.83. The summed E-state index contributed by atoms with van der Waals surface area (Å²) in [4.78, 5) is 24.3. The van der Waals surface area contributed by atoms with Gasteiger partial charge in [0.2, 0.25) is 10.0 Å². The van der Waals surface area contributed by atoms with Crippen molar-refractivity contribution in [1.29, 1.82) is 0 Å². The topological polar surface area (TPSA) is 123 Å². The molecule has 10 heteroatoms. The first-order valence-electron chi connectivity index (χ1n) is 9.65. The number of methoxy groups -OCH3 is 1. The van der Waals surface area contributed by atoms with Gasteiger partial charge in [-0.2, -0.15) is 0 Å². The van der Waals surface area contributed by atoms with Crippen LogP contribution in [-0.4, -0.2) is 47.3 Å². The minimum Gasteiger partial charge on any atom is -0.449 e. The van der Waals surface area contributed by atoms with Crippen LogP contribution in [0.3, 0.4) is 0 Å². The number of nitrogens with one attached hydrogen (secondary N) is 3. The van der Waals surface area contributed by atoms with Crippen LogP contribution in [0.25, 0.3) is 0 Å². The molecule has 0 aliphatic carbocycles. The molecule has 0 spiro atoms. The second-order valence-electron chi connectivity index (χ2n) is 7.07. The molecule has 0 fully saturated rings. The first-order chi connectivity index (χ1) is 14.7. The minimum atomic E-state index is -3.68. The van der Waals surface area contributed by atoms with Gasteiger partial charge in [0.05, 0.1) is 18.1 Å². The summed E-state index contributed by atoms with van der Waals surface area (Å²) in [6, 6.07) is 12.2. The van der Waals surface area contributed by atoms with Gasteiger partial charge in [0.25, 0.3) is 5.91 Å². The molecule has 2 rings (SSSR count). The number of ether oxygens (including phenoxy) is 2. The molecule has 2 aromatic carbocycles. The number of anilines is 2. The lowest BCUT2D eigenvalue weighted by Gasteiger charge is -2.11. The van der Waals surface area contributed by atoms with E-state index in [9.17, 15) is 18.0 Å². The normalized spacial score (nSPS) is 11.2. The first kappa shape index (κ1) is 24.3. The van der Waals surface area contributed by atoms with Gasteiger partial charge < -0.3 is 14.8 Å². The van der Waals surface area contributed by atoms with Gasteiger partial charge in [0.15, 0.2) is 0 Å². The third-order valence-electron chi connectivity index (χ3n) is 3.94. The van der Waals surface area contributed by atoms with Gasteiger partial charge in [-0.1, -0.05) is 19.9 Å². The minimum absolute atomic E-state index is 0.0475. The summed E-state index contributed by atoms with van der Waals surface area (Å²) in [6.45, 7) is 4.57. The van der Waals surface area contributed by atoms with E-state index in [1.807, 2.05) is 13.8 Å². The number of hydrogen-bond acceptors (Lipinski definition) is 6. The molecule has 3 N–H and O–H groups in total. The summed E-state index contributed by atoms with van der Waals surface area (Å²) >= 11 is 0. The highest BCUT2D eigenvalue weighted by Crippen LogP contribution is 2.17. The molecule has 168 valence electrons. The number of amides is 2. The Balaban J connectivity index is 1.99. The van der Waals surface area contributed by atoms with Crippen LogP contribution < -0.4 is 15.4 Å². The van der Waals surface area contributed by atoms with Crippen LogP contribution in [0, 0.1) is 5.92 Å². The highest BCUT2D eigenvalue weighted by Gasteiger charge is 2.15. The molecule has 0 radical (unpaired) electrons. The van der Waals surface area contributed by atoms with Crippen LogP contribution >= 0.6 is 0 Å². The molecule has 0 heterocycles. The zero-order valence-electron chi connectivity index (χ0n) is 17.7. The van der Waals surface area contributed by atoms with E-state index in [2.05, 4.69) is 15.4 Å². The lowest BCUT2D eigenvalue weighted by molar-refractivity contribution is 0.102. The van der Waals surface area contributed by atoms with E-state index in [1.54, 1.807) is 24.3 Å². The van der Waals surface area contributed by atoms with Gasteiger partial charge in [0, 0.05) is 30.6 Å². The van der Waals surface area contributed by atoms with E-state index in [4.69, 9.17) is 9.47 Å². The van der Waals surface area contributed by atoms with Gasteiger partial charge in [0.1, 0.15) is 0 Å². The molecule has 0 aliphatic heterocycles. The predicted molar refractivity (Wildman–Crippen MR) is 118 cm³/mol. The van der Waals surface area contributed by atoms with Crippen LogP contribution in [0.1, 0.15) is 24.2 Å². The second kappa shape index (κ2) is 11.4. The number of rotatable bonds is 10. The summed E-state index contributed by atoms with van der Waals surface area (Å²) in [6.07, 6.45) is -0.576. The molecule has 2 aromatic rings. The number of sulfonamides is 1. The van der Waals surface area contributed by atoms with Crippen molar-refractivity contribution in [3.05, 3.63) is 54.1 Å². The summed E-state index contributed by atoms with van der Waals surface area (Å²) in [5, 5.41) is 5.31. The first-order valence-corrected chi connectivity index (χ1v) is 11.1. The van der Waals surface area contributed by atoms with Crippen LogP contribution in [0.5, 0.6) is 0 Å². The van der Waals surface area contributed by atoms with Crippen molar-refractivity contribution in [2.45, 2.75) is 18.7 Å². The Morgan fingerprint density at radius 1 is 1.00 bits per heavy atom. The maximum atomic E-state index is 12.5. The van der Waals surface area contributed by atoms with Crippen molar-refractivity contribution < 1.29 is 27.5 Å². The van der Waals surface area contributed by atoms with Crippen LogP contribution in [0.2, 0.25) is 0 Å². The van der Waals surface area contributed by atoms with E-state index >= 15 is 0 Å². The summed E-state index contributed by atoms with van der Waals surface area (Å²) in [7, 11) is -2.20. The number of carbonyl (C=O) groups is 2. The van der Waals surface area contributed by atoms with Gasteiger partial charge in [-0.05, 0) is 48.4 Å². The monoisotopic (exact) mass is 449 g/mol. The summed E-state index contributed by atoms with van der Waals surface area (Å²) in [5.74, 6) is -0.199. The molecule has 0 saturated heterocycles. The van der Waals surface area contributed by atoms with E-state index in [-0.39, 0.29) is 29.5 Å². The Bertz CT molecular complexity index is 990. The van der Waals surface area contributed by atoms with E-state index < -0.39 is 22.0 Å². The quantitative estimate of drug-likeness (QED) is 0.479. The van der Waals surface area contributed by atoms with Gasteiger partial charge in [-0.25, -0.2) is 17.9 Å². The van der Waals surface area contributed by atoms with E-state index in [0.29, 0.717) is 18.0 Å². The van der Waals surface area contributed by atoms with Gasteiger partial charge in [-0.3, -0.25) is 10.1 Å². The standard InChI is InChI=1S/C21H27N3O6S/c1-15(2)14-30-21(26)24-18-6-4-5-17(13-18)23-20(25)16-7-9-19(10-8-16)31(27,28)22-11-12-29-3/h4-10,13,15,22H,11-12,14H2,1-3H3,(H,23,25)(H,24,26). The fourth-order valence-electron chi connectivity index (χ4n) is 2.42. The van der Waals surface area contributed by atoms with Crippen molar-refractivity contribution in [2.75, 3.05) is 37.5 Å². The maximum absolute atomic E-state index is 12.5. The molecule has 0 aliphatic rings. The van der Waals surface area contributed by atoms with Crippen LogP contribution in [0.4, 0.5) is 16.2 Å². The molecular weight excluding hydrogens is 422 g/mol. The Labute approximate surface area is 182 Å². The lowest BCUT2D eigenvalue weighted by atomic mass is 10.2. The molecular formula is C21H27N3O6S. The zero-order valence-corrected chi connectivity index (χ0v) is 18.5. The van der Waals surface area contributed by atoms with Gasteiger partial charge in [-0.15, -0.1) is 0 Å². The number of benzene rings is 2. The largest absolute Gasteiger partial charge is 0.449 e. The van der Waals surface area contributed by atoms with E-state index in [1.165, 1.54) is 31.4 Å². The van der Waals surface area contributed by atoms with Crippen molar-refractivity contribution in [2.24, 2.45) is 5.92 Å².